The van der Waals surface area contributed by atoms with E-state index in [-0.39, 0.29) is 23.5 Å². The van der Waals surface area contributed by atoms with Gasteiger partial charge in [-0.25, -0.2) is 4.79 Å². The van der Waals surface area contributed by atoms with E-state index < -0.39 is 6.09 Å². The van der Waals surface area contributed by atoms with Crippen LogP contribution in [0.1, 0.15) is 18.4 Å². The Morgan fingerprint density at radius 2 is 2.04 bits per heavy atom. The highest BCUT2D eigenvalue weighted by molar-refractivity contribution is 7.80. The minimum absolute atomic E-state index is 0.00622. The van der Waals surface area contributed by atoms with E-state index in [0.29, 0.717) is 19.5 Å². The summed E-state index contributed by atoms with van der Waals surface area (Å²) in [6.45, 7) is 1.12. The lowest BCUT2D eigenvalue weighted by molar-refractivity contribution is -0.127. The van der Waals surface area contributed by atoms with E-state index in [1.165, 1.54) is 0 Å². The summed E-state index contributed by atoms with van der Waals surface area (Å²) in [6, 6.07) is 9.46. The Labute approximate surface area is 140 Å². The second-order valence-corrected chi connectivity index (χ2v) is 5.74. The van der Waals surface area contributed by atoms with E-state index in [4.69, 9.17) is 10.5 Å². The van der Waals surface area contributed by atoms with Crippen LogP contribution < -0.4 is 16.6 Å². The molecule has 1 aromatic carbocycles. The van der Waals surface area contributed by atoms with E-state index in [1.807, 2.05) is 30.3 Å². The summed E-state index contributed by atoms with van der Waals surface area (Å²) < 4.78 is 5.29. The Morgan fingerprint density at radius 1 is 1.30 bits per heavy atom. The van der Waals surface area contributed by atoms with Crippen LogP contribution in [-0.2, 0) is 16.1 Å². The van der Waals surface area contributed by atoms with Crippen LogP contribution in [0.2, 0.25) is 0 Å². The fourth-order valence-electron chi connectivity index (χ4n) is 2.39. The number of rotatable bonds is 3. The van der Waals surface area contributed by atoms with Gasteiger partial charge in [-0.05, 0) is 30.6 Å². The second-order valence-electron chi connectivity index (χ2n) is 5.30. The van der Waals surface area contributed by atoms with Gasteiger partial charge in [0.05, 0.1) is 5.92 Å². The molecule has 7 nitrogen and oxygen atoms in total. The van der Waals surface area contributed by atoms with Gasteiger partial charge in [-0.3, -0.25) is 15.6 Å². The zero-order chi connectivity index (χ0) is 16.7. The standard InChI is InChI=1S/C15H20N4O3S/c16-14(23)18-17-13(20)12-7-4-8-19(9-12)15(21)22-10-11-5-2-1-3-6-11/h1-3,5-6,12H,4,7-10H2,(H,17,20)(H3,16,18,23)/t12-/m0/s1. The maximum Gasteiger partial charge on any atom is 0.410 e. The average molecular weight is 336 g/mol. The number of nitrogens with one attached hydrogen (secondary N) is 2. The molecule has 2 rings (SSSR count). The molecule has 8 heteroatoms. The molecule has 0 spiro atoms. The number of piperidine rings is 1. The van der Waals surface area contributed by atoms with Gasteiger partial charge in [-0.2, -0.15) is 0 Å². The lowest BCUT2D eigenvalue weighted by Gasteiger charge is -2.31. The Balaban J connectivity index is 1.81. The van der Waals surface area contributed by atoms with E-state index >= 15 is 0 Å². The van der Waals surface area contributed by atoms with Gasteiger partial charge in [-0.15, -0.1) is 0 Å². The molecule has 1 atom stereocenters. The van der Waals surface area contributed by atoms with E-state index in [0.717, 1.165) is 12.0 Å². The average Bonchev–Trinajstić information content (AvgIpc) is 2.58. The first-order chi connectivity index (χ1) is 11.1. The van der Waals surface area contributed by atoms with Gasteiger partial charge in [-0.1, -0.05) is 30.3 Å². The molecular weight excluding hydrogens is 316 g/mol. The highest BCUT2D eigenvalue weighted by Gasteiger charge is 2.29. The molecule has 1 aliphatic heterocycles. The van der Waals surface area contributed by atoms with Crippen molar-refractivity contribution >= 4 is 29.3 Å². The van der Waals surface area contributed by atoms with Crippen molar-refractivity contribution in [3.05, 3.63) is 35.9 Å². The van der Waals surface area contributed by atoms with Crippen molar-refractivity contribution in [2.24, 2.45) is 11.7 Å². The topological polar surface area (TPSA) is 96.7 Å². The number of nitrogens with zero attached hydrogens (tertiary/aromatic N) is 1. The van der Waals surface area contributed by atoms with E-state index in [1.54, 1.807) is 4.90 Å². The number of ether oxygens (including phenoxy) is 1. The number of amides is 2. The summed E-state index contributed by atoms with van der Waals surface area (Å²) >= 11 is 4.63. The van der Waals surface area contributed by atoms with Crippen molar-refractivity contribution in [1.29, 1.82) is 0 Å². The highest BCUT2D eigenvalue weighted by atomic mass is 32.1. The molecule has 0 radical (unpaired) electrons. The van der Waals surface area contributed by atoms with Gasteiger partial charge < -0.3 is 15.4 Å². The molecular formula is C15H20N4O3S. The number of hydrazine groups is 1. The number of nitrogens with two attached hydrogens (primary N) is 1. The summed E-state index contributed by atoms with van der Waals surface area (Å²) in [5.41, 5.74) is 11.0. The smallest absolute Gasteiger partial charge is 0.410 e. The van der Waals surface area contributed by atoms with E-state index in [9.17, 15) is 9.59 Å². The van der Waals surface area contributed by atoms with Crippen LogP contribution >= 0.6 is 12.2 Å². The Morgan fingerprint density at radius 3 is 2.74 bits per heavy atom. The van der Waals surface area contributed by atoms with Crippen LogP contribution in [-0.4, -0.2) is 35.1 Å². The van der Waals surface area contributed by atoms with E-state index in [2.05, 4.69) is 23.1 Å². The first-order valence-corrected chi connectivity index (χ1v) is 7.78. The van der Waals surface area contributed by atoms with Crippen molar-refractivity contribution in [1.82, 2.24) is 15.8 Å². The maximum atomic E-state index is 12.1. The third-order valence-corrected chi connectivity index (χ3v) is 3.67. The normalized spacial score (nSPS) is 17.2. The van der Waals surface area contributed by atoms with Gasteiger partial charge in [0.15, 0.2) is 5.11 Å². The summed E-state index contributed by atoms with van der Waals surface area (Å²) in [4.78, 5) is 25.7. The molecule has 0 unspecified atom stereocenters. The minimum Gasteiger partial charge on any atom is -0.445 e. The minimum atomic E-state index is -0.409. The van der Waals surface area contributed by atoms with Gasteiger partial charge >= 0.3 is 6.09 Å². The molecule has 124 valence electrons. The van der Waals surface area contributed by atoms with Gasteiger partial charge in [0.2, 0.25) is 5.91 Å². The Bertz CT molecular complexity index is 567. The lowest BCUT2D eigenvalue weighted by atomic mass is 9.98. The molecule has 0 bridgehead atoms. The number of hydrogen-bond donors (Lipinski definition) is 3. The number of thiocarbonyl (C=S) groups is 1. The van der Waals surface area contributed by atoms with Crippen molar-refractivity contribution < 1.29 is 14.3 Å². The van der Waals surface area contributed by atoms with Gasteiger partial charge in [0.25, 0.3) is 0 Å². The Kier molecular flexibility index (Phi) is 6.16. The zero-order valence-electron chi connectivity index (χ0n) is 12.7. The van der Waals surface area contributed by atoms with Crippen molar-refractivity contribution in [2.75, 3.05) is 13.1 Å². The molecule has 2 amide bonds. The third-order valence-electron chi connectivity index (χ3n) is 3.56. The third kappa shape index (κ3) is 5.41. The summed E-state index contributed by atoms with van der Waals surface area (Å²) in [6.07, 6.45) is 1.03. The quantitative estimate of drug-likeness (QED) is 0.560. The second kappa shape index (κ2) is 8.33. The van der Waals surface area contributed by atoms with Crippen LogP contribution in [0.25, 0.3) is 0 Å². The first kappa shape index (κ1) is 17.0. The fourth-order valence-corrected chi connectivity index (χ4v) is 2.44. The predicted octanol–water partition coefficient (Wildman–Crippen LogP) is 0.900. The van der Waals surface area contributed by atoms with Crippen LogP contribution in [0.3, 0.4) is 0 Å². The molecule has 23 heavy (non-hydrogen) atoms. The van der Waals surface area contributed by atoms with Crippen LogP contribution in [0.15, 0.2) is 30.3 Å². The van der Waals surface area contributed by atoms with Crippen molar-refractivity contribution in [3.63, 3.8) is 0 Å². The van der Waals surface area contributed by atoms with Crippen molar-refractivity contribution in [2.45, 2.75) is 19.4 Å². The summed E-state index contributed by atoms with van der Waals surface area (Å²) in [5, 5.41) is -0.00622. The van der Waals surface area contributed by atoms with Crippen molar-refractivity contribution in [3.8, 4) is 0 Å². The van der Waals surface area contributed by atoms with Crippen LogP contribution in [0, 0.1) is 5.92 Å². The maximum absolute atomic E-state index is 12.1. The Hall–Kier alpha value is -2.35. The predicted molar refractivity (Wildman–Crippen MR) is 89.0 cm³/mol. The van der Waals surface area contributed by atoms with Gasteiger partial charge in [0.1, 0.15) is 6.61 Å². The molecule has 0 saturated carbocycles. The number of carbonyl (C=O) groups excluding carboxylic acids is 2. The van der Waals surface area contributed by atoms with Gasteiger partial charge in [0, 0.05) is 13.1 Å². The molecule has 1 aromatic rings. The summed E-state index contributed by atoms with van der Waals surface area (Å²) in [5.74, 6) is -0.548. The number of likely N-dealkylation sites (tertiary alicyclic amines) is 1. The molecule has 1 heterocycles. The molecule has 1 fully saturated rings. The highest BCUT2D eigenvalue weighted by Crippen LogP contribution is 2.17. The largest absolute Gasteiger partial charge is 0.445 e. The molecule has 0 aromatic heterocycles. The number of carbonyl (C=O) groups is 2. The molecule has 0 aliphatic carbocycles. The molecule has 1 saturated heterocycles. The van der Waals surface area contributed by atoms with Crippen LogP contribution in [0.5, 0.6) is 0 Å². The number of benzene rings is 1. The molecule has 4 N–H and O–H groups in total. The first-order valence-electron chi connectivity index (χ1n) is 7.37. The van der Waals surface area contributed by atoms with Crippen LogP contribution in [0.4, 0.5) is 4.79 Å². The monoisotopic (exact) mass is 336 g/mol. The zero-order valence-corrected chi connectivity index (χ0v) is 13.5. The fraction of sp³-hybridized carbons (Fsp3) is 0.400. The summed E-state index contributed by atoms with van der Waals surface area (Å²) in [7, 11) is 0. The molecule has 1 aliphatic rings. The number of hydrogen-bond acceptors (Lipinski definition) is 4. The SMILES string of the molecule is NC(=S)NNC(=O)[C@H]1CCCN(C(=O)OCc2ccccc2)C1. The lowest BCUT2D eigenvalue weighted by Crippen LogP contribution is -2.51.